The average Bonchev–Trinajstić information content (AvgIpc) is 2.04. The van der Waals surface area contributed by atoms with E-state index in [0.29, 0.717) is 23.8 Å². The van der Waals surface area contributed by atoms with Gasteiger partial charge in [-0.25, -0.2) is 8.42 Å². The quantitative estimate of drug-likeness (QED) is 0.623. The van der Waals surface area contributed by atoms with E-state index in [1.807, 2.05) is 6.92 Å². The van der Waals surface area contributed by atoms with E-state index in [4.69, 9.17) is 5.73 Å². The van der Waals surface area contributed by atoms with Crippen molar-refractivity contribution in [2.45, 2.75) is 19.8 Å². The molecule has 0 bridgehead atoms. The van der Waals surface area contributed by atoms with E-state index < -0.39 is 9.84 Å². The minimum absolute atomic E-state index is 0.316. The minimum Gasteiger partial charge on any atom is -0.330 e. The first-order valence-corrected chi connectivity index (χ1v) is 7.58. The lowest BCUT2D eigenvalue weighted by Crippen LogP contribution is -2.12. The van der Waals surface area contributed by atoms with Crippen molar-refractivity contribution in [3.05, 3.63) is 0 Å². The van der Waals surface area contributed by atoms with Crippen molar-refractivity contribution in [3.8, 4) is 0 Å². The van der Waals surface area contributed by atoms with E-state index in [-0.39, 0.29) is 0 Å². The van der Waals surface area contributed by atoms with Crippen molar-refractivity contribution < 1.29 is 8.42 Å². The van der Waals surface area contributed by atoms with Crippen LogP contribution in [0.3, 0.4) is 0 Å². The van der Waals surface area contributed by atoms with Gasteiger partial charge < -0.3 is 5.73 Å². The number of sulfone groups is 1. The fraction of sp³-hybridized carbons (Fsp3) is 1.00. The first-order valence-electron chi connectivity index (χ1n) is 4.60. The summed E-state index contributed by atoms with van der Waals surface area (Å²) in [6.45, 7) is 2.58. The van der Waals surface area contributed by atoms with Gasteiger partial charge >= 0.3 is 0 Å². The molecule has 0 aromatic carbocycles. The maximum absolute atomic E-state index is 11.2. The minimum atomic E-state index is -2.77. The van der Waals surface area contributed by atoms with Gasteiger partial charge in [-0.3, -0.25) is 0 Å². The van der Waals surface area contributed by atoms with Crippen LogP contribution in [0.15, 0.2) is 0 Å². The fourth-order valence-corrected chi connectivity index (χ4v) is 3.77. The summed E-state index contributed by atoms with van der Waals surface area (Å²) in [6, 6.07) is 0. The number of nitrogens with two attached hydrogens (primary N) is 1. The van der Waals surface area contributed by atoms with Crippen LogP contribution in [0.1, 0.15) is 19.8 Å². The average molecular weight is 225 g/mol. The highest BCUT2D eigenvalue weighted by Gasteiger charge is 2.07. The summed E-state index contributed by atoms with van der Waals surface area (Å²) in [6.07, 6.45) is 1.69. The number of thioether (sulfide) groups is 1. The Kier molecular flexibility index (Phi) is 7.80. The summed E-state index contributed by atoms with van der Waals surface area (Å²) in [5.74, 6) is 2.32. The molecular weight excluding hydrogens is 206 g/mol. The molecule has 0 saturated heterocycles. The van der Waals surface area contributed by atoms with Crippen molar-refractivity contribution in [1.29, 1.82) is 0 Å². The van der Waals surface area contributed by atoms with Gasteiger partial charge in [0.2, 0.25) is 0 Å². The van der Waals surface area contributed by atoms with Gasteiger partial charge in [0.25, 0.3) is 0 Å². The van der Waals surface area contributed by atoms with Crippen molar-refractivity contribution in [2.24, 2.45) is 5.73 Å². The summed E-state index contributed by atoms with van der Waals surface area (Å²) in [7, 11) is -2.77. The van der Waals surface area contributed by atoms with Crippen LogP contribution in [0.2, 0.25) is 0 Å². The number of rotatable bonds is 8. The highest BCUT2D eigenvalue weighted by Crippen LogP contribution is 2.04. The van der Waals surface area contributed by atoms with Crippen LogP contribution in [-0.2, 0) is 9.84 Å². The van der Waals surface area contributed by atoms with Gasteiger partial charge in [-0.15, -0.1) is 0 Å². The van der Waals surface area contributed by atoms with Crippen molar-refractivity contribution in [2.75, 3.05) is 29.6 Å². The van der Waals surface area contributed by atoms with Crippen molar-refractivity contribution >= 4 is 21.6 Å². The smallest absolute Gasteiger partial charge is 0.151 e. The van der Waals surface area contributed by atoms with E-state index in [9.17, 15) is 8.42 Å². The van der Waals surface area contributed by atoms with Crippen LogP contribution in [0, 0.1) is 0 Å². The molecule has 0 fully saturated rings. The molecule has 0 aromatic heterocycles. The highest BCUT2D eigenvalue weighted by atomic mass is 32.2. The molecule has 5 heteroatoms. The van der Waals surface area contributed by atoms with Gasteiger partial charge in [0.05, 0.1) is 5.75 Å². The lowest BCUT2D eigenvalue weighted by molar-refractivity contribution is 0.596. The van der Waals surface area contributed by atoms with Gasteiger partial charge in [-0.2, -0.15) is 11.8 Å². The molecular formula is C8H19NO2S2. The van der Waals surface area contributed by atoms with E-state index in [1.54, 1.807) is 11.8 Å². The molecule has 3 nitrogen and oxygen atoms in total. The third kappa shape index (κ3) is 8.59. The van der Waals surface area contributed by atoms with E-state index >= 15 is 0 Å². The molecule has 80 valence electrons. The molecule has 0 rings (SSSR count). The van der Waals surface area contributed by atoms with Crippen LogP contribution < -0.4 is 5.73 Å². The Balaban J connectivity index is 3.41. The molecule has 0 aliphatic carbocycles. The summed E-state index contributed by atoms with van der Waals surface area (Å²) < 4.78 is 22.5. The van der Waals surface area contributed by atoms with Crippen molar-refractivity contribution in [3.63, 3.8) is 0 Å². The molecule has 2 N–H and O–H groups in total. The SMILES string of the molecule is CCCS(=O)(=O)CCSCCCN. The van der Waals surface area contributed by atoms with Crippen LogP contribution >= 0.6 is 11.8 Å². The molecule has 0 saturated carbocycles. The summed E-state index contributed by atoms with van der Waals surface area (Å²) >= 11 is 1.67. The predicted molar refractivity (Wildman–Crippen MR) is 59.9 cm³/mol. The maximum atomic E-state index is 11.2. The number of hydrogen-bond donors (Lipinski definition) is 1. The Morgan fingerprint density at radius 2 is 1.92 bits per heavy atom. The Hall–Kier alpha value is 0.260. The third-order valence-corrected chi connectivity index (χ3v) is 4.73. The van der Waals surface area contributed by atoms with Gasteiger partial charge in [-0.1, -0.05) is 6.92 Å². The zero-order chi connectivity index (χ0) is 10.2. The van der Waals surface area contributed by atoms with E-state index in [2.05, 4.69) is 0 Å². The lowest BCUT2D eigenvalue weighted by Gasteiger charge is -2.01. The lowest BCUT2D eigenvalue weighted by atomic mass is 10.5. The molecule has 0 aliphatic rings. The van der Waals surface area contributed by atoms with Gasteiger partial charge in [0, 0.05) is 11.5 Å². The molecule has 0 amide bonds. The third-order valence-electron chi connectivity index (χ3n) is 1.55. The Bertz CT molecular complexity index is 202. The highest BCUT2D eigenvalue weighted by molar-refractivity contribution is 8.00. The zero-order valence-electron chi connectivity index (χ0n) is 8.16. The molecule has 0 spiro atoms. The van der Waals surface area contributed by atoms with Gasteiger partial charge in [0.15, 0.2) is 9.84 Å². The zero-order valence-corrected chi connectivity index (χ0v) is 9.79. The van der Waals surface area contributed by atoms with E-state index in [1.165, 1.54) is 0 Å². The van der Waals surface area contributed by atoms with Crippen LogP contribution in [0.5, 0.6) is 0 Å². The van der Waals surface area contributed by atoms with Crippen LogP contribution in [0.25, 0.3) is 0 Å². The monoisotopic (exact) mass is 225 g/mol. The second-order valence-corrected chi connectivity index (χ2v) is 6.43. The molecule has 0 aliphatic heterocycles. The van der Waals surface area contributed by atoms with Crippen LogP contribution in [0.4, 0.5) is 0 Å². The number of hydrogen-bond acceptors (Lipinski definition) is 4. The maximum Gasteiger partial charge on any atom is 0.151 e. The molecule has 0 radical (unpaired) electrons. The second kappa shape index (κ2) is 7.64. The largest absolute Gasteiger partial charge is 0.330 e. The molecule has 0 heterocycles. The first-order chi connectivity index (χ1) is 6.12. The van der Waals surface area contributed by atoms with Gasteiger partial charge in [0.1, 0.15) is 0 Å². The molecule has 0 aromatic rings. The summed E-state index contributed by atoms with van der Waals surface area (Å²) in [4.78, 5) is 0. The first kappa shape index (κ1) is 13.3. The fourth-order valence-electron chi connectivity index (χ4n) is 0.886. The molecule has 13 heavy (non-hydrogen) atoms. The normalized spacial score (nSPS) is 11.8. The molecule has 0 atom stereocenters. The van der Waals surface area contributed by atoms with Crippen molar-refractivity contribution in [1.82, 2.24) is 0 Å². The van der Waals surface area contributed by atoms with Gasteiger partial charge in [-0.05, 0) is 25.1 Å². The topological polar surface area (TPSA) is 60.2 Å². The molecule has 0 unspecified atom stereocenters. The Labute approximate surface area is 85.4 Å². The predicted octanol–water partition coefficient (Wildman–Crippen LogP) is 0.893. The summed E-state index contributed by atoms with van der Waals surface area (Å²) in [5.41, 5.74) is 5.31. The van der Waals surface area contributed by atoms with Crippen LogP contribution in [-0.4, -0.2) is 38.0 Å². The Morgan fingerprint density at radius 1 is 1.23 bits per heavy atom. The summed E-state index contributed by atoms with van der Waals surface area (Å²) in [5, 5.41) is 0. The Morgan fingerprint density at radius 3 is 2.46 bits per heavy atom. The standard InChI is InChI=1S/C8H19NO2S2/c1-2-7-13(10,11)8-6-12-5-3-4-9/h2-9H2,1H3. The second-order valence-electron chi connectivity index (χ2n) is 2.91. The van der Waals surface area contributed by atoms with E-state index in [0.717, 1.165) is 18.6 Å².